The first-order valence-electron chi connectivity index (χ1n) is 6.26. The first-order valence-corrected chi connectivity index (χ1v) is 8.12. The summed E-state index contributed by atoms with van der Waals surface area (Å²) in [6.45, 7) is 0.263. The number of nitriles is 1. The van der Waals surface area contributed by atoms with Gasteiger partial charge in [0.25, 0.3) is 0 Å². The molecule has 4 nitrogen and oxygen atoms in total. The molecular weight excluding hydrogens is 308 g/mol. The van der Waals surface area contributed by atoms with Gasteiger partial charge in [-0.25, -0.2) is 13.1 Å². The van der Waals surface area contributed by atoms with Crippen LogP contribution in [-0.4, -0.2) is 15.0 Å². The lowest BCUT2D eigenvalue weighted by Gasteiger charge is -2.08. The lowest BCUT2D eigenvalue weighted by Crippen LogP contribution is -2.26. The van der Waals surface area contributed by atoms with Crippen molar-refractivity contribution in [2.75, 3.05) is 6.54 Å². The molecule has 0 heterocycles. The average molecular weight is 321 g/mol. The maximum absolute atomic E-state index is 12.2. The summed E-state index contributed by atoms with van der Waals surface area (Å²) < 4.78 is 26.9. The van der Waals surface area contributed by atoms with Gasteiger partial charge < -0.3 is 0 Å². The molecule has 2 aromatic rings. The molecule has 0 aromatic heterocycles. The summed E-state index contributed by atoms with van der Waals surface area (Å²) in [5, 5.41) is 8.93. The van der Waals surface area contributed by atoms with Crippen molar-refractivity contribution >= 4 is 21.6 Å². The van der Waals surface area contributed by atoms with Crippen LogP contribution in [0.5, 0.6) is 0 Å². The monoisotopic (exact) mass is 320 g/mol. The van der Waals surface area contributed by atoms with E-state index in [1.807, 2.05) is 36.4 Å². The molecule has 21 heavy (non-hydrogen) atoms. The number of rotatable bonds is 5. The Labute approximate surface area is 129 Å². The highest BCUT2D eigenvalue weighted by atomic mass is 35.5. The second kappa shape index (κ2) is 6.72. The van der Waals surface area contributed by atoms with Gasteiger partial charge >= 0.3 is 0 Å². The molecular formula is C15H13ClN2O2S. The molecule has 108 valence electrons. The second-order valence-electron chi connectivity index (χ2n) is 4.39. The molecule has 6 heteroatoms. The van der Waals surface area contributed by atoms with Gasteiger partial charge in [0.2, 0.25) is 10.0 Å². The highest BCUT2D eigenvalue weighted by molar-refractivity contribution is 7.89. The molecule has 0 unspecified atom stereocenters. The van der Waals surface area contributed by atoms with Gasteiger partial charge in [0, 0.05) is 6.54 Å². The fourth-order valence-corrected chi connectivity index (χ4v) is 3.39. The first-order chi connectivity index (χ1) is 10.0. The normalized spacial score (nSPS) is 11.0. The SMILES string of the molecule is N#Cc1ccc(Cl)c(S(=O)(=O)NCCc2ccccc2)c1. The molecule has 0 fully saturated rings. The summed E-state index contributed by atoms with van der Waals surface area (Å²) in [7, 11) is -3.73. The molecule has 1 N–H and O–H groups in total. The van der Waals surface area contributed by atoms with E-state index in [0.717, 1.165) is 5.56 Å². The summed E-state index contributed by atoms with van der Waals surface area (Å²) >= 11 is 5.91. The van der Waals surface area contributed by atoms with Crippen molar-refractivity contribution in [3.8, 4) is 6.07 Å². The fourth-order valence-electron chi connectivity index (χ4n) is 1.83. The van der Waals surface area contributed by atoms with Crippen molar-refractivity contribution in [2.24, 2.45) is 0 Å². The standard InChI is InChI=1S/C15H13ClN2O2S/c16-14-7-6-13(11-17)10-15(14)21(19,20)18-9-8-12-4-2-1-3-5-12/h1-7,10,18H,8-9H2. The lowest BCUT2D eigenvalue weighted by molar-refractivity contribution is 0.581. The molecule has 0 spiro atoms. The quantitative estimate of drug-likeness (QED) is 0.921. The van der Waals surface area contributed by atoms with Crippen LogP contribution in [0.25, 0.3) is 0 Å². The van der Waals surface area contributed by atoms with E-state index in [9.17, 15) is 8.42 Å². The summed E-state index contributed by atoms with van der Waals surface area (Å²) in [6.07, 6.45) is 0.579. The fraction of sp³-hybridized carbons (Fsp3) is 0.133. The smallest absolute Gasteiger partial charge is 0.211 e. The Morgan fingerprint density at radius 3 is 2.52 bits per heavy atom. The van der Waals surface area contributed by atoms with Crippen LogP contribution >= 0.6 is 11.6 Å². The Bertz CT molecular complexity index is 768. The van der Waals surface area contributed by atoms with Crippen LogP contribution in [0, 0.1) is 11.3 Å². The highest BCUT2D eigenvalue weighted by Gasteiger charge is 2.18. The molecule has 0 aliphatic heterocycles. The van der Waals surface area contributed by atoms with Crippen LogP contribution in [0.2, 0.25) is 5.02 Å². The van der Waals surface area contributed by atoms with Crippen molar-refractivity contribution in [3.05, 3.63) is 64.7 Å². The molecule has 0 aliphatic rings. The zero-order chi connectivity index (χ0) is 15.3. The van der Waals surface area contributed by atoms with Gasteiger partial charge in [0.1, 0.15) is 4.90 Å². The van der Waals surface area contributed by atoms with Crippen LogP contribution in [0.4, 0.5) is 0 Å². The maximum atomic E-state index is 12.2. The van der Waals surface area contributed by atoms with E-state index in [0.29, 0.717) is 6.42 Å². The molecule has 0 aliphatic carbocycles. The van der Waals surface area contributed by atoms with Crippen molar-refractivity contribution in [1.82, 2.24) is 4.72 Å². The predicted octanol–water partition coefficient (Wildman–Crippen LogP) is 2.73. The molecule has 2 rings (SSSR count). The maximum Gasteiger partial charge on any atom is 0.242 e. The Balaban J connectivity index is 2.10. The Morgan fingerprint density at radius 1 is 1.14 bits per heavy atom. The summed E-state index contributed by atoms with van der Waals surface area (Å²) in [5.74, 6) is 0. The van der Waals surface area contributed by atoms with E-state index in [1.54, 1.807) is 0 Å². The van der Waals surface area contributed by atoms with Crippen molar-refractivity contribution < 1.29 is 8.42 Å². The average Bonchev–Trinajstić information content (AvgIpc) is 2.48. The minimum absolute atomic E-state index is 0.0729. The van der Waals surface area contributed by atoms with E-state index in [4.69, 9.17) is 16.9 Å². The predicted molar refractivity (Wildman–Crippen MR) is 81.5 cm³/mol. The largest absolute Gasteiger partial charge is 0.242 e. The van der Waals surface area contributed by atoms with Crippen molar-refractivity contribution in [2.45, 2.75) is 11.3 Å². The highest BCUT2D eigenvalue weighted by Crippen LogP contribution is 2.22. The van der Waals surface area contributed by atoms with Crippen molar-refractivity contribution in [1.29, 1.82) is 5.26 Å². The zero-order valence-corrected chi connectivity index (χ0v) is 12.7. The second-order valence-corrected chi connectivity index (χ2v) is 6.53. The topological polar surface area (TPSA) is 70.0 Å². The minimum Gasteiger partial charge on any atom is -0.211 e. The first kappa shape index (κ1) is 15.5. The van der Waals surface area contributed by atoms with E-state index in [2.05, 4.69) is 4.72 Å². The third kappa shape index (κ3) is 4.05. The van der Waals surface area contributed by atoms with Gasteiger partial charge in [-0.1, -0.05) is 41.9 Å². The van der Waals surface area contributed by atoms with Crippen LogP contribution < -0.4 is 4.72 Å². The molecule has 2 aromatic carbocycles. The van der Waals surface area contributed by atoms with Gasteiger partial charge in [-0.2, -0.15) is 5.26 Å². The molecule has 0 radical (unpaired) electrons. The number of sulfonamides is 1. The van der Waals surface area contributed by atoms with Gasteiger partial charge in [-0.15, -0.1) is 0 Å². The zero-order valence-electron chi connectivity index (χ0n) is 11.1. The van der Waals surface area contributed by atoms with Crippen LogP contribution in [0.3, 0.4) is 0 Å². The minimum atomic E-state index is -3.73. The number of hydrogen-bond acceptors (Lipinski definition) is 3. The number of nitrogens with zero attached hydrogens (tertiary/aromatic N) is 1. The van der Waals surface area contributed by atoms with Crippen LogP contribution in [-0.2, 0) is 16.4 Å². The molecule has 0 saturated carbocycles. The Morgan fingerprint density at radius 2 is 1.86 bits per heavy atom. The molecule has 0 bridgehead atoms. The molecule has 0 atom stereocenters. The number of benzene rings is 2. The molecule has 0 amide bonds. The molecule has 0 saturated heterocycles. The Hall–Kier alpha value is -1.87. The summed E-state index contributed by atoms with van der Waals surface area (Å²) in [6, 6.07) is 15.6. The van der Waals surface area contributed by atoms with Gasteiger partial charge in [0.05, 0.1) is 16.7 Å². The summed E-state index contributed by atoms with van der Waals surface area (Å²) in [4.78, 5) is -0.0729. The van der Waals surface area contributed by atoms with Gasteiger partial charge in [-0.05, 0) is 30.2 Å². The Kier molecular flexibility index (Phi) is 4.97. The third-order valence-electron chi connectivity index (χ3n) is 2.90. The number of halogens is 1. The van der Waals surface area contributed by atoms with Gasteiger partial charge in [0.15, 0.2) is 0 Å². The van der Waals surface area contributed by atoms with E-state index >= 15 is 0 Å². The summed E-state index contributed by atoms with van der Waals surface area (Å²) in [5.41, 5.74) is 1.29. The van der Waals surface area contributed by atoms with Crippen LogP contribution in [0.1, 0.15) is 11.1 Å². The van der Waals surface area contributed by atoms with Crippen LogP contribution in [0.15, 0.2) is 53.4 Å². The van der Waals surface area contributed by atoms with E-state index < -0.39 is 10.0 Å². The van der Waals surface area contributed by atoms with E-state index in [-0.39, 0.29) is 22.0 Å². The van der Waals surface area contributed by atoms with Crippen molar-refractivity contribution in [3.63, 3.8) is 0 Å². The van der Waals surface area contributed by atoms with Gasteiger partial charge in [-0.3, -0.25) is 0 Å². The number of nitrogens with one attached hydrogen (secondary N) is 1. The lowest BCUT2D eigenvalue weighted by atomic mass is 10.2. The number of hydrogen-bond donors (Lipinski definition) is 1. The van der Waals surface area contributed by atoms with E-state index in [1.165, 1.54) is 18.2 Å². The third-order valence-corrected chi connectivity index (χ3v) is 4.84.